The summed E-state index contributed by atoms with van der Waals surface area (Å²) in [5, 5.41) is 8.83. The summed E-state index contributed by atoms with van der Waals surface area (Å²) >= 11 is 0. The average Bonchev–Trinajstić information content (AvgIpc) is 2.71. The van der Waals surface area contributed by atoms with E-state index in [-0.39, 0.29) is 25.2 Å². The molecule has 2 rings (SSSR count). The van der Waals surface area contributed by atoms with E-state index in [0.717, 1.165) is 31.2 Å². The topological polar surface area (TPSA) is 87.2 Å². The Morgan fingerprint density at radius 1 is 1.18 bits per heavy atom. The van der Waals surface area contributed by atoms with Gasteiger partial charge in [-0.2, -0.15) is 0 Å². The minimum absolute atomic E-state index is 0.105. The highest BCUT2D eigenvalue weighted by Crippen LogP contribution is 2.23. The van der Waals surface area contributed by atoms with Crippen LogP contribution >= 0.6 is 0 Å². The SMILES string of the molecule is CCN(CC(=O)O)C(=O)CCCC1CCN(C(=O)OCc2ccccc2)CC1. The van der Waals surface area contributed by atoms with Crippen molar-refractivity contribution in [2.75, 3.05) is 26.2 Å². The summed E-state index contributed by atoms with van der Waals surface area (Å²) < 4.78 is 5.37. The maximum atomic E-state index is 12.2. The Labute approximate surface area is 166 Å². The molecule has 0 unspecified atom stereocenters. The monoisotopic (exact) mass is 390 g/mol. The van der Waals surface area contributed by atoms with Gasteiger partial charge in [-0.25, -0.2) is 4.79 Å². The summed E-state index contributed by atoms with van der Waals surface area (Å²) in [6, 6.07) is 9.62. The zero-order chi connectivity index (χ0) is 20.4. The highest BCUT2D eigenvalue weighted by Gasteiger charge is 2.24. The average molecular weight is 390 g/mol. The normalized spacial score (nSPS) is 14.5. The van der Waals surface area contributed by atoms with Crippen molar-refractivity contribution in [3.8, 4) is 0 Å². The highest BCUT2D eigenvalue weighted by molar-refractivity contribution is 5.81. The van der Waals surface area contributed by atoms with Gasteiger partial charge in [-0.15, -0.1) is 0 Å². The molecule has 1 N–H and O–H groups in total. The van der Waals surface area contributed by atoms with Crippen LogP contribution in [0.1, 0.15) is 44.6 Å². The van der Waals surface area contributed by atoms with Gasteiger partial charge in [0.05, 0.1) is 0 Å². The molecule has 7 nitrogen and oxygen atoms in total. The van der Waals surface area contributed by atoms with E-state index in [1.54, 1.807) is 11.8 Å². The first kappa shape index (κ1) is 21.7. The van der Waals surface area contributed by atoms with Gasteiger partial charge in [0.1, 0.15) is 13.2 Å². The van der Waals surface area contributed by atoms with Crippen LogP contribution in [0.5, 0.6) is 0 Å². The maximum absolute atomic E-state index is 12.2. The third kappa shape index (κ3) is 7.21. The number of aliphatic carboxylic acids is 1. The number of nitrogens with zero attached hydrogens (tertiary/aromatic N) is 2. The predicted octanol–water partition coefficient (Wildman–Crippen LogP) is 3.14. The lowest BCUT2D eigenvalue weighted by Crippen LogP contribution is -2.39. The van der Waals surface area contributed by atoms with Crippen LogP contribution in [0.3, 0.4) is 0 Å². The van der Waals surface area contributed by atoms with Crippen LogP contribution in [0.15, 0.2) is 30.3 Å². The van der Waals surface area contributed by atoms with Crippen molar-refractivity contribution in [3.05, 3.63) is 35.9 Å². The number of benzene rings is 1. The lowest BCUT2D eigenvalue weighted by Gasteiger charge is -2.31. The summed E-state index contributed by atoms with van der Waals surface area (Å²) in [6.07, 6.45) is 3.58. The van der Waals surface area contributed by atoms with E-state index in [4.69, 9.17) is 9.84 Å². The molecule has 154 valence electrons. The van der Waals surface area contributed by atoms with Crippen LogP contribution in [0.2, 0.25) is 0 Å². The third-order valence-corrected chi connectivity index (χ3v) is 5.14. The summed E-state index contributed by atoms with van der Waals surface area (Å²) in [5.41, 5.74) is 0.972. The number of amides is 2. The fraction of sp³-hybridized carbons (Fsp3) is 0.571. The zero-order valence-electron chi connectivity index (χ0n) is 16.5. The second kappa shape index (κ2) is 11.3. The van der Waals surface area contributed by atoms with E-state index in [0.29, 0.717) is 32.0 Å². The van der Waals surface area contributed by atoms with E-state index in [9.17, 15) is 14.4 Å². The molecule has 1 saturated heterocycles. The van der Waals surface area contributed by atoms with Gasteiger partial charge in [-0.1, -0.05) is 30.3 Å². The van der Waals surface area contributed by atoms with Gasteiger partial charge in [0, 0.05) is 26.1 Å². The third-order valence-electron chi connectivity index (χ3n) is 5.14. The smallest absolute Gasteiger partial charge is 0.410 e. The van der Waals surface area contributed by atoms with Gasteiger partial charge in [0.25, 0.3) is 0 Å². The molecule has 1 fully saturated rings. The number of carbonyl (C=O) groups excluding carboxylic acids is 2. The number of likely N-dealkylation sites (tertiary alicyclic amines) is 1. The molecule has 28 heavy (non-hydrogen) atoms. The van der Waals surface area contributed by atoms with Crippen molar-refractivity contribution < 1.29 is 24.2 Å². The standard InChI is InChI=1S/C21H30N2O5/c1-2-22(15-20(25)26)19(24)10-6-9-17-11-13-23(14-12-17)21(27)28-16-18-7-4-3-5-8-18/h3-5,7-8,17H,2,6,9-16H2,1H3,(H,25,26). The Bertz CT molecular complexity index is 641. The number of hydrogen-bond acceptors (Lipinski definition) is 4. The molecule has 0 spiro atoms. The highest BCUT2D eigenvalue weighted by atomic mass is 16.6. The van der Waals surface area contributed by atoms with Crippen molar-refractivity contribution in [3.63, 3.8) is 0 Å². The molecule has 1 aliphatic heterocycles. The molecule has 2 amide bonds. The van der Waals surface area contributed by atoms with Crippen LogP contribution in [0.4, 0.5) is 4.79 Å². The Morgan fingerprint density at radius 2 is 1.86 bits per heavy atom. The Balaban J connectivity index is 1.63. The lowest BCUT2D eigenvalue weighted by atomic mass is 9.91. The molecule has 0 bridgehead atoms. The molecular formula is C21H30N2O5. The van der Waals surface area contributed by atoms with E-state index < -0.39 is 5.97 Å². The molecule has 7 heteroatoms. The molecule has 1 aromatic rings. The second-order valence-electron chi connectivity index (χ2n) is 7.16. The fourth-order valence-electron chi connectivity index (χ4n) is 3.45. The summed E-state index contributed by atoms with van der Waals surface area (Å²) in [6.45, 7) is 3.59. The minimum atomic E-state index is -0.985. The van der Waals surface area contributed by atoms with Crippen LogP contribution in [-0.2, 0) is 20.9 Å². The minimum Gasteiger partial charge on any atom is -0.480 e. The second-order valence-corrected chi connectivity index (χ2v) is 7.16. The van der Waals surface area contributed by atoms with Gasteiger partial charge >= 0.3 is 12.1 Å². The summed E-state index contributed by atoms with van der Waals surface area (Å²) in [5.74, 6) is -0.603. The number of carboxylic acid groups (broad SMARTS) is 1. The van der Waals surface area contributed by atoms with Gasteiger partial charge in [-0.3, -0.25) is 9.59 Å². The van der Waals surface area contributed by atoms with Crippen LogP contribution < -0.4 is 0 Å². The van der Waals surface area contributed by atoms with Crippen LogP contribution in [-0.4, -0.2) is 59.1 Å². The number of likely N-dealkylation sites (N-methyl/N-ethyl adjacent to an activating group) is 1. The van der Waals surface area contributed by atoms with E-state index in [1.807, 2.05) is 30.3 Å². The van der Waals surface area contributed by atoms with E-state index in [2.05, 4.69) is 0 Å². The first-order valence-corrected chi connectivity index (χ1v) is 9.94. The lowest BCUT2D eigenvalue weighted by molar-refractivity contribution is -0.144. The number of rotatable bonds is 9. The van der Waals surface area contributed by atoms with E-state index >= 15 is 0 Å². The van der Waals surface area contributed by atoms with Crippen LogP contribution in [0.25, 0.3) is 0 Å². The van der Waals surface area contributed by atoms with Gasteiger partial charge in [0.15, 0.2) is 0 Å². The first-order chi connectivity index (χ1) is 13.5. The van der Waals surface area contributed by atoms with Gasteiger partial charge < -0.3 is 19.6 Å². The molecule has 0 saturated carbocycles. The molecule has 1 aromatic carbocycles. The largest absolute Gasteiger partial charge is 0.480 e. The zero-order valence-corrected chi connectivity index (χ0v) is 16.5. The van der Waals surface area contributed by atoms with E-state index in [1.165, 1.54) is 4.90 Å². The summed E-state index contributed by atoms with van der Waals surface area (Å²) in [4.78, 5) is 38.1. The van der Waals surface area contributed by atoms with Crippen molar-refractivity contribution in [1.29, 1.82) is 0 Å². The first-order valence-electron chi connectivity index (χ1n) is 9.94. The number of ether oxygens (including phenoxy) is 1. The predicted molar refractivity (Wildman–Crippen MR) is 105 cm³/mol. The summed E-state index contributed by atoms with van der Waals surface area (Å²) in [7, 11) is 0. The van der Waals surface area contributed by atoms with Crippen LogP contribution in [0, 0.1) is 5.92 Å². The van der Waals surface area contributed by atoms with Gasteiger partial charge in [0.2, 0.25) is 5.91 Å². The molecule has 0 aliphatic carbocycles. The number of carbonyl (C=O) groups is 3. The van der Waals surface area contributed by atoms with Crippen molar-refractivity contribution >= 4 is 18.0 Å². The molecule has 0 radical (unpaired) electrons. The fourth-order valence-corrected chi connectivity index (χ4v) is 3.45. The number of piperidine rings is 1. The molecule has 0 atom stereocenters. The molecule has 1 heterocycles. The number of hydrogen-bond donors (Lipinski definition) is 1. The molecule has 1 aliphatic rings. The van der Waals surface area contributed by atoms with Crippen molar-refractivity contribution in [2.45, 2.75) is 45.6 Å². The Hall–Kier alpha value is -2.57. The molecular weight excluding hydrogens is 360 g/mol. The quantitative estimate of drug-likeness (QED) is 0.700. The molecule has 0 aromatic heterocycles. The number of carboxylic acids is 1. The maximum Gasteiger partial charge on any atom is 0.410 e. The van der Waals surface area contributed by atoms with Crippen molar-refractivity contribution in [2.24, 2.45) is 5.92 Å². The Morgan fingerprint density at radius 3 is 2.46 bits per heavy atom. The van der Waals surface area contributed by atoms with Gasteiger partial charge in [-0.05, 0) is 44.1 Å². The van der Waals surface area contributed by atoms with Crippen molar-refractivity contribution in [1.82, 2.24) is 9.80 Å². The Kier molecular flexibility index (Phi) is 8.78.